The molecule has 20 heavy (non-hydrogen) atoms. The molecule has 0 unspecified atom stereocenters. The largest absolute Gasteiger partial charge is 0.338 e. The minimum Gasteiger partial charge on any atom is -0.338 e. The van der Waals surface area contributed by atoms with Crippen LogP contribution in [0, 0.1) is 0 Å². The van der Waals surface area contributed by atoms with Crippen molar-refractivity contribution in [1.82, 2.24) is 10.1 Å². The fraction of sp³-hybridized carbons (Fsp3) is 0.214. The predicted molar refractivity (Wildman–Crippen MR) is 76.1 cm³/mol. The molecule has 1 aromatic carbocycles. The first kappa shape index (κ1) is 11.6. The van der Waals surface area contributed by atoms with Gasteiger partial charge in [-0.2, -0.15) is 0 Å². The second kappa shape index (κ2) is 4.42. The highest BCUT2D eigenvalue weighted by Crippen LogP contribution is 2.29. The summed E-state index contributed by atoms with van der Waals surface area (Å²) in [5.74, 6) is 0.318. The number of fused-ring (bicyclic) bond motifs is 2. The molecule has 0 aliphatic heterocycles. The highest BCUT2D eigenvalue weighted by molar-refractivity contribution is 7.16. The number of nitrogens with zero attached hydrogens (tertiary/aromatic N) is 2. The molecule has 1 aliphatic rings. The van der Waals surface area contributed by atoms with Gasteiger partial charge in [0.2, 0.25) is 5.88 Å². The van der Waals surface area contributed by atoms with Gasteiger partial charge in [0, 0.05) is 11.1 Å². The summed E-state index contributed by atoms with van der Waals surface area (Å²) in [5.41, 5.74) is 5.29. The summed E-state index contributed by atoms with van der Waals surface area (Å²) >= 11 is 1.52. The minimum absolute atomic E-state index is 0.175. The van der Waals surface area contributed by atoms with Crippen molar-refractivity contribution < 1.29 is 9.32 Å². The van der Waals surface area contributed by atoms with Crippen molar-refractivity contribution in [2.24, 2.45) is 0 Å². The van der Waals surface area contributed by atoms with Gasteiger partial charge in [0.05, 0.1) is 21.4 Å². The van der Waals surface area contributed by atoms with Crippen molar-refractivity contribution in [3.8, 4) is 0 Å². The quantitative estimate of drug-likeness (QED) is 0.786. The molecular formula is C14H11N3O2S. The van der Waals surface area contributed by atoms with Crippen LogP contribution in [0.4, 0.5) is 5.88 Å². The molecule has 0 radical (unpaired) electrons. The molecule has 6 heteroatoms. The lowest BCUT2D eigenvalue weighted by Crippen LogP contribution is -2.12. The Morgan fingerprint density at radius 3 is 3.25 bits per heavy atom. The van der Waals surface area contributed by atoms with E-state index in [-0.39, 0.29) is 5.91 Å². The van der Waals surface area contributed by atoms with Crippen molar-refractivity contribution in [2.45, 2.75) is 19.3 Å². The normalized spacial score (nSPS) is 13.6. The van der Waals surface area contributed by atoms with E-state index in [9.17, 15) is 4.79 Å². The summed E-state index contributed by atoms with van der Waals surface area (Å²) in [5, 5.41) is 6.80. The predicted octanol–water partition coefficient (Wildman–Crippen LogP) is 3.03. The van der Waals surface area contributed by atoms with Gasteiger partial charge in [-0.05, 0) is 37.5 Å². The smallest absolute Gasteiger partial charge is 0.258 e. The highest BCUT2D eigenvalue weighted by Gasteiger charge is 2.22. The van der Waals surface area contributed by atoms with Gasteiger partial charge in [-0.25, -0.2) is 4.98 Å². The first-order chi connectivity index (χ1) is 9.81. The molecule has 5 nitrogen and oxygen atoms in total. The van der Waals surface area contributed by atoms with Crippen LogP contribution in [0.25, 0.3) is 10.2 Å². The van der Waals surface area contributed by atoms with E-state index in [0.29, 0.717) is 11.4 Å². The van der Waals surface area contributed by atoms with Crippen LogP contribution >= 0.6 is 11.3 Å². The lowest BCUT2D eigenvalue weighted by atomic mass is 10.2. The van der Waals surface area contributed by atoms with E-state index in [4.69, 9.17) is 4.52 Å². The number of thiazole rings is 1. The summed E-state index contributed by atoms with van der Waals surface area (Å²) in [6.45, 7) is 0. The lowest BCUT2D eigenvalue weighted by molar-refractivity contribution is 0.102. The van der Waals surface area contributed by atoms with Crippen LogP contribution in [0.1, 0.15) is 28.0 Å². The van der Waals surface area contributed by atoms with Gasteiger partial charge >= 0.3 is 0 Å². The van der Waals surface area contributed by atoms with E-state index in [2.05, 4.69) is 15.5 Å². The Kier molecular flexibility index (Phi) is 2.56. The molecule has 4 rings (SSSR count). The molecule has 3 aromatic rings. The molecule has 0 saturated heterocycles. The highest BCUT2D eigenvalue weighted by atomic mass is 32.1. The number of benzene rings is 1. The van der Waals surface area contributed by atoms with Gasteiger partial charge in [0.1, 0.15) is 0 Å². The number of aryl methyl sites for hydroxylation is 1. The van der Waals surface area contributed by atoms with Crippen LogP contribution in [-0.4, -0.2) is 16.0 Å². The maximum absolute atomic E-state index is 12.3. The number of rotatable bonds is 2. The van der Waals surface area contributed by atoms with Crippen molar-refractivity contribution in [1.29, 1.82) is 0 Å². The zero-order valence-corrected chi connectivity index (χ0v) is 11.4. The van der Waals surface area contributed by atoms with E-state index in [0.717, 1.165) is 40.7 Å². The molecule has 1 aliphatic carbocycles. The summed E-state index contributed by atoms with van der Waals surface area (Å²) in [6.07, 6.45) is 2.92. The maximum atomic E-state index is 12.3. The Bertz CT molecular complexity index is 806. The molecular weight excluding hydrogens is 274 g/mol. The molecule has 2 aromatic heterocycles. The molecule has 2 heterocycles. The fourth-order valence-electron chi connectivity index (χ4n) is 2.50. The second-order valence-corrected chi connectivity index (χ2v) is 5.67. The van der Waals surface area contributed by atoms with E-state index < -0.39 is 0 Å². The Hall–Kier alpha value is -2.21. The van der Waals surface area contributed by atoms with Crippen molar-refractivity contribution in [3.63, 3.8) is 0 Å². The van der Waals surface area contributed by atoms with E-state index >= 15 is 0 Å². The van der Waals surface area contributed by atoms with Crippen LogP contribution < -0.4 is 5.32 Å². The monoisotopic (exact) mass is 285 g/mol. The molecule has 0 fully saturated rings. The van der Waals surface area contributed by atoms with Gasteiger partial charge in [0.25, 0.3) is 5.91 Å². The summed E-state index contributed by atoms with van der Waals surface area (Å²) in [6, 6.07) is 5.47. The Labute approximate surface area is 118 Å². The van der Waals surface area contributed by atoms with Gasteiger partial charge in [-0.3, -0.25) is 10.1 Å². The van der Waals surface area contributed by atoms with Gasteiger partial charge in [0.15, 0.2) is 0 Å². The molecule has 0 atom stereocenters. The van der Waals surface area contributed by atoms with Crippen LogP contribution in [0.2, 0.25) is 0 Å². The Morgan fingerprint density at radius 2 is 2.30 bits per heavy atom. The fourth-order valence-corrected chi connectivity index (χ4v) is 3.22. The third-order valence-corrected chi connectivity index (χ3v) is 4.32. The van der Waals surface area contributed by atoms with Crippen LogP contribution in [0.15, 0.2) is 28.2 Å². The number of amides is 1. The van der Waals surface area contributed by atoms with Gasteiger partial charge in [-0.15, -0.1) is 11.3 Å². The molecule has 0 bridgehead atoms. The number of carbonyl (C=O) groups is 1. The standard InChI is InChI=1S/C14H11N3O2S/c18-13(8-4-5-11-12(6-8)20-7-15-11)16-14-9-2-1-3-10(9)17-19-14/h4-7H,1-3H2,(H,16,18). The average Bonchev–Trinajstić information content (AvgIpc) is 3.14. The zero-order chi connectivity index (χ0) is 13.5. The molecule has 0 saturated carbocycles. The second-order valence-electron chi connectivity index (χ2n) is 4.78. The minimum atomic E-state index is -0.175. The van der Waals surface area contributed by atoms with Crippen molar-refractivity contribution >= 4 is 33.3 Å². The van der Waals surface area contributed by atoms with E-state index in [1.807, 2.05) is 12.1 Å². The third kappa shape index (κ3) is 1.80. The molecule has 1 N–H and O–H groups in total. The van der Waals surface area contributed by atoms with E-state index in [1.165, 1.54) is 11.3 Å². The Morgan fingerprint density at radius 1 is 1.35 bits per heavy atom. The first-order valence-electron chi connectivity index (χ1n) is 6.43. The van der Waals surface area contributed by atoms with Crippen LogP contribution in [0.5, 0.6) is 0 Å². The third-order valence-electron chi connectivity index (χ3n) is 3.53. The lowest BCUT2D eigenvalue weighted by Gasteiger charge is -2.02. The summed E-state index contributed by atoms with van der Waals surface area (Å²) in [4.78, 5) is 16.5. The summed E-state index contributed by atoms with van der Waals surface area (Å²) < 4.78 is 6.21. The first-order valence-corrected chi connectivity index (χ1v) is 7.31. The topological polar surface area (TPSA) is 68.0 Å². The van der Waals surface area contributed by atoms with Crippen LogP contribution in [0.3, 0.4) is 0 Å². The average molecular weight is 285 g/mol. The Balaban J connectivity index is 1.63. The van der Waals surface area contributed by atoms with Crippen molar-refractivity contribution in [2.75, 3.05) is 5.32 Å². The van der Waals surface area contributed by atoms with Gasteiger partial charge in [-0.1, -0.05) is 5.16 Å². The SMILES string of the molecule is O=C(Nc1onc2c1CCC2)c1ccc2ncsc2c1. The number of carbonyl (C=O) groups excluding carboxylic acids is 1. The van der Waals surface area contributed by atoms with E-state index in [1.54, 1.807) is 11.6 Å². The van der Waals surface area contributed by atoms with Crippen molar-refractivity contribution in [3.05, 3.63) is 40.5 Å². The number of nitrogens with one attached hydrogen (secondary N) is 1. The zero-order valence-electron chi connectivity index (χ0n) is 10.5. The van der Waals surface area contributed by atoms with Crippen LogP contribution in [-0.2, 0) is 12.8 Å². The molecule has 100 valence electrons. The number of anilines is 1. The molecule has 1 amide bonds. The molecule has 0 spiro atoms. The maximum Gasteiger partial charge on any atom is 0.258 e. The van der Waals surface area contributed by atoms with Gasteiger partial charge < -0.3 is 4.52 Å². The number of hydrogen-bond donors (Lipinski definition) is 1. The number of aromatic nitrogens is 2. The summed E-state index contributed by atoms with van der Waals surface area (Å²) in [7, 11) is 0. The number of hydrogen-bond acceptors (Lipinski definition) is 5.